The summed E-state index contributed by atoms with van der Waals surface area (Å²) in [4.78, 5) is 20.1. The topological polar surface area (TPSA) is 87.2 Å². The van der Waals surface area contributed by atoms with Gasteiger partial charge in [-0.1, -0.05) is 0 Å². The van der Waals surface area contributed by atoms with Crippen LogP contribution in [-0.4, -0.2) is 45.3 Å². The molecule has 31 heavy (non-hydrogen) atoms. The van der Waals surface area contributed by atoms with Crippen LogP contribution in [0.3, 0.4) is 0 Å². The number of H-pyrrole nitrogens is 1. The van der Waals surface area contributed by atoms with Gasteiger partial charge in [0.15, 0.2) is 0 Å². The highest BCUT2D eigenvalue weighted by atomic mass is 19.1. The summed E-state index contributed by atoms with van der Waals surface area (Å²) in [5, 5.41) is 13.6. The van der Waals surface area contributed by atoms with E-state index in [4.69, 9.17) is 4.74 Å². The molecule has 164 valence electrons. The molecule has 1 aliphatic carbocycles. The first-order valence-electron chi connectivity index (χ1n) is 10.7. The third-order valence-corrected chi connectivity index (χ3v) is 5.65. The van der Waals surface area contributed by atoms with Gasteiger partial charge >= 0.3 is 0 Å². The Hall–Kier alpha value is -2.77. The fourth-order valence-corrected chi connectivity index (χ4v) is 4.01. The minimum absolute atomic E-state index is 0.0347. The Bertz CT molecular complexity index is 1070. The van der Waals surface area contributed by atoms with Crippen LogP contribution in [0.1, 0.15) is 49.9 Å². The summed E-state index contributed by atoms with van der Waals surface area (Å²) >= 11 is 0. The standard InChI is InChI=1S/C24H28FN3O3/c1-24(2,30)14-31-17-6-4-16(5-7-17)28-23(29)15-3-8-18(20(25)13-15)22-19-9-11-26-21(19)10-12-27-22/h3,8-13,16-17,26,30H,4-7,14H2,1-2H3,(H,28,29). The number of carbonyl (C=O) groups excluding carboxylic acids is 1. The molecule has 1 amide bonds. The van der Waals surface area contributed by atoms with Gasteiger partial charge in [0, 0.05) is 40.5 Å². The Labute approximate surface area is 180 Å². The number of benzene rings is 1. The molecule has 3 N–H and O–H groups in total. The van der Waals surface area contributed by atoms with E-state index < -0.39 is 11.4 Å². The summed E-state index contributed by atoms with van der Waals surface area (Å²) in [5.74, 6) is -0.753. The average Bonchev–Trinajstić information content (AvgIpc) is 3.22. The van der Waals surface area contributed by atoms with Crippen molar-refractivity contribution in [1.29, 1.82) is 0 Å². The number of pyridine rings is 1. The Morgan fingerprint density at radius 1 is 1.26 bits per heavy atom. The number of aliphatic hydroxyl groups is 1. The molecule has 0 atom stereocenters. The highest BCUT2D eigenvalue weighted by Gasteiger charge is 2.25. The Morgan fingerprint density at radius 2 is 2.03 bits per heavy atom. The molecule has 0 unspecified atom stereocenters. The lowest BCUT2D eigenvalue weighted by atomic mass is 9.92. The summed E-state index contributed by atoms with van der Waals surface area (Å²) in [6.45, 7) is 3.74. The highest BCUT2D eigenvalue weighted by Crippen LogP contribution is 2.29. The minimum atomic E-state index is -0.844. The Kier molecular flexibility index (Phi) is 6.07. The smallest absolute Gasteiger partial charge is 0.251 e. The number of rotatable bonds is 6. The fourth-order valence-electron chi connectivity index (χ4n) is 4.01. The maximum Gasteiger partial charge on any atom is 0.251 e. The number of amides is 1. The molecule has 4 rings (SSSR count). The molecule has 0 spiro atoms. The summed E-state index contributed by atoms with van der Waals surface area (Å²) < 4.78 is 20.6. The predicted octanol–water partition coefficient (Wildman–Crippen LogP) is 4.20. The van der Waals surface area contributed by atoms with Crippen LogP contribution in [0.4, 0.5) is 4.39 Å². The van der Waals surface area contributed by atoms with Gasteiger partial charge in [-0.3, -0.25) is 9.78 Å². The summed E-state index contributed by atoms with van der Waals surface area (Å²) in [6, 6.07) is 8.25. The van der Waals surface area contributed by atoms with Crippen molar-refractivity contribution in [3.8, 4) is 11.3 Å². The molecule has 0 saturated heterocycles. The number of nitrogens with one attached hydrogen (secondary N) is 2. The van der Waals surface area contributed by atoms with Crippen LogP contribution in [0.25, 0.3) is 22.2 Å². The molecular formula is C24H28FN3O3. The van der Waals surface area contributed by atoms with E-state index in [2.05, 4.69) is 15.3 Å². The van der Waals surface area contributed by atoms with E-state index in [0.717, 1.165) is 36.6 Å². The van der Waals surface area contributed by atoms with Gasteiger partial charge in [-0.25, -0.2) is 4.39 Å². The molecular weight excluding hydrogens is 397 g/mol. The van der Waals surface area contributed by atoms with Crippen molar-refractivity contribution in [3.05, 3.63) is 54.1 Å². The van der Waals surface area contributed by atoms with Crippen molar-refractivity contribution >= 4 is 16.8 Å². The van der Waals surface area contributed by atoms with E-state index in [1.807, 2.05) is 12.1 Å². The van der Waals surface area contributed by atoms with Crippen LogP contribution in [0, 0.1) is 5.82 Å². The summed E-state index contributed by atoms with van der Waals surface area (Å²) in [5.41, 5.74) is 1.25. The Morgan fingerprint density at radius 3 is 2.74 bits per heavy atom. The van der Waals surface area contributed by atoms with Crippen LogP contribution in [0.5, 0.6) is 0 Å². The quantitative estimate of drug-likeness (QED) is 0.552. The SMILES string of the molecule is CC(C)(O)COC1CCC(NC(=O)c2ccc(-c3nccc4[nH]ccc34)c(F)c2)CC1. The third-order valence-electron chi connectivity index (χ3n) is 5.65. The molecule has 7 heteroatoms. The molecule has 1 saturated carbocycles. The molecule has 0 aliphatic heterocycles. The number of nitrogens with zero attached hydrogens (tertiary/aromatic N) is 1. The van der Waals surface area contributed by atoms with Gasteiger partial charge in [0.25, 0.3) is 5.91 Å². The molecule has 2 aromatic heterocycles. The van der Waals surface area contributed by atoms with Crippen molar-refractivity contribution in [2.45, 2.75) is 57.3 Å². The lowest BCUT2D eigenvalue weighted by molar-refractivity contribution is -0.0640. The van der Waals surface area contributed by atoms with Crippen LogP contribution >= 0.6 is 0 Å². The lowest BCUT2D eigenvalue weighted by Gasteiger charge is -2.30. The van der Waals surface area contributed by atoms with Crippen molar-refractivity contribution in [2.24, 2.45) is 0 Å². The molecule has 6 nitrogen and oxygen atoms in total. The molecule has 1 aromatic carbocycles. The predicted molar refractivity (Wildman–Crippen MR) is 117 cm³/mol. The van der Waals surface area contributed by atoms with Gasteiger partial charge in [0.1, 0.15) is 5.82 Å². The second-order valence-electron chi connectivity index (χ2n) is 8.86. The number of aromatic amines is 1. The van der Waals surface area contributed by atoms with Crippen LogP contribution in [0.2, 0.25) is 0 Å². The van der Waals surface area contributed by atoms with E-state index in [-0.39, 0.29) is 18.1 Å². The molecule has 0 bridgehead atoms. The first-order chi connectivity index (χ1) is 14.8. The van der Waals surface area contributed by atoms with Crippen LogP contribution in [-0.2, 0) is 4.74 Å². The first-order valence-corrected chi connectivity index (χ1v) is 10.7. The summed E-state index contributed by atoms with van der Waals surface area (Å²) in [6.07, 6.45) is 6.75. The molecule has 1 aliphatic rings. The molecule has 2 heterocycles. The van der Waals surface area contributed by atoms with Crippen molar-refractivity contribution in [2.75, 3.05) is 6.61 Å². The number of fused-ring (bicyclic) bond motifs is 1. The lowest BCUT2D eigenvalue weighted by Crippen LogP contribution is -2.40. The number of aromatic nitrogens is 2. The number of hydrogen-bond acceptors (Lipinski definition) is 4. The van der Waals surface area contributed by atoms with Crippen molar-refractivity contribution in [3.63, 3.8) is 0 Å². The minimum Gasteiger partial charge on any atom is -0.388 e. The highest BCUT2D eigenvalue weighted by molar-refractivity contribution is 5.96. The zero-order valence-corrected chi connectivity index (χ0v) is 17.8. The van der Waals surface area contributed by atoms with Gasteiger partial charge in [-0.05, 0) is 69.9 Å². The molecule has 3 aromatic rings. The normalized spacial score (nSPS) is 19.5. The van der Waals surface area contributed by atoms with Crippen LogP contribution in [0.15, 0.2) is 42.7 Å². The van der Waals surface area contributed by atoms with Crippen LogP contribution < -0.4 is 5.32 Å². The number of hydrogen-bond donors (Lipinski definition) is 3. The van der Waals surface area contributed by atoms with Gasteiger partial charge in [0.05, 0.1) is 24.0 Å². The van der Waals surface area contributed by atoms with Gasteiger partial charge in [-0.15, -0.1) is 0 Å². The summed E-state index contributed by atoms with van der Waals surface area (Å²) in [7, 11) is 0. The number of halogens is 1. The fraction of sp³-hybridized carbons (Fsp3) is 0.417. The van der Waals surface area contributed by atoms with E-state index in [9.17, 15) is 14.3 Å². The molecule has 1 fully saturated rings. The second-order valence-corrected chi connectivity index (χ2v) is 8.86. The third kappa shape index (κ3) is 5.11. The van der Waals surface area contributed by atoms with Gasteiger partial charge in [-0.2, -0.15) is 0 Å². The number of carbonyl (C=O) groups is 1. The monoisotopic (exact) mass is 425 g/mol. The number of ether oxygens (including phenoxy) is 1. The first kappa shape index (κ1) is 21.5. The van der Waals surface area contributed by atoms with E-state index in [1.54, 1.807) is 38.4 Å². The zero-order chi connectivity index (χ0) is 22.0. The zero-order valence-electron chi connectivity index (χ0n) is 17.8. The average molecular weight is 426 g/mol. The molecule has 0 radical (unpaired) electrons. The van der Waals surface area contributed by atoms with Gasteiger partial charge < -0.3 is 20.1 Å². The van der Waals surface area contributed by atoms with Gasteiger partial charge in [0.2, 0.25) is 0 Å². The maximum absolute atomic E-state index is 14.9. The second kappa shape index (κ2) is 8.77. The van der Waals surface area contributed by atoms with E-state index >= 15 is 0 Å². The van der Waals surface area contributed by atoms with Crippen molar-refractivity contribution < 1.29 is 19.0 Å². The maximum atomic E-state index is 14.9. The van der Waals surface area contributed by atoms with E-state index in [1.165, 1.54) is 6.07 Å². The Balaban J connectivity index is 1.38. The van der Waals surface area contributed by atoms with E-state index in [0.29, 0.717) is 23.4 Å². The largest absolute Gasteiger partial charge is 0.388 e. The van der Waals surface area contributed by atoms with Crippen molar-refractivity contribution in [1.82, 2.24) is 15.3 Å².